The van der Waals surface area contributed by atoms with Crippen LogP contribution in [0.1, 0.15) is 25.3 Å². The zero-order valence-corrected chi connectivity index (χ0v) is 11.6. The fraction of sp³-hybridized carbons (Fsp3) is 0.533. The Balaban J connectivity index is 1.90. The molecular formula is C15H21NO3. The molecule has 0 aliphatic carbocycles. The summed E-state index contributed by atoms with van der Waals surface area (Å²) in [7, 11) is 1.62. The first-order valence-electron chi connectivity index (χ1n) is 6.63. The molecule has 4 nitrogen and oxygen atoms in total. The van der Waals surface area contributed by atoms with Gasteiger partial charge in [-0.05, 0) is 37.5 Å². The number of ether oxygens (including phenoxy) is 1. The molecule has 4 heteroatoms. The Morgan fingerprint density at radius 1 is 1.32 bits per heavy atom. The average Bonchev–Trinajstić information content (AvgIpc) is 2.39. The van der Waals surface area contributed by atoms with E-state index in [1.807, 2.05) is 36.1 Å². The Bertz CT molecular complexity index is 429. The van der Waals surface area contributed by atoms with Crippen molar-refractivity contribution in [1.82, 2.24) is 4.90 Å². The van der Waals surface area contributed by atoms with Crippen LogP contribution in [0.15, 0.2) is 24.3 Å². The number of likely N-dealkylation sites (tertiary alicyclic amines) is 1. The zero-order valence-electron chi connectivity index (χ0n) is 11.6. The summed E-state index contributed by atoms with van der Waals surface area (Å²) in [5.41, 5.74) is 0.375. The summed E-state index contributed by atoms with van der Waals surface area (Å²) in [6.45, 7) is 3.11. The minimum absolute atomic E-state index is 0.126. The van der Waals surface area contributed by atoms with Gasteiger partial charge in [-0.15, -0.1) is 0 Å². The van der Waals surface area contributed by atoms with E-state index < -0.39 is 5.60 Å². The van der Waals surface area contributed by atoms with E-state index in [1.165, 1.54) is 0 Å². The van der Waals surface area contributed by atoms with E-state index >= 15 is 0 Å². The van der Waals surface area contributed by atoms with Crippen LogP contribution < -0.4 is 4.74 Å². The van der Waals surface area contributed by atoms with Crippen molar-refractivity contribution in [1.29, 1.82) is 0 Å². The molecule has 0 aromatic heterocycles. The van der Waals surface area contributed by atoms with Gasteiger partial charge < -0.3 is 14.7 Å². The Morgan fingerprint density at radius 2 is 1.89 bits per heavy atom. The molecule has 1 aliphatic rings. The lowest BCUT2D eigenvalue weighted by atomic mass is 9.93. The van der Waals surface area contributed by atoms with Crippen LogP contribution in [0.5, 0.6) is 5.75 Å². The zero-order chi connectivity index (χ0) is 13.9. The number of nitrogens with zero attached hydrogens (tertiary/aromatic N) is 1. The lowest BCUT2D eigenvalue weighted by molar-refractivity contribution is -0.134. The van der Waals surface area contributed by atoms with Gasteiger partial charge in [0, 0.05) is 13.1 Å². The molecule has 104 valence electrons. The van der Waals surface area contributed by atoms with Crippen molar-refractivity contribution in [2.24, 2.45) is 0 Å². The maximum absolute atomic E-state index is 12.1. The molecule has 1 saturated heterocycles. The molecule has 1 aliphatic heterocycles. The Labute approximate surface area is 114 Å². The molecule has 0 bridgehead atoms. The Kier molecular flexibility index (Phi) is 4.10. The minimum atomic E-state index is -0.614. The lowest BCUT2D eigenvalue weighted by Gasteiger charge is -2.35. The number of aliphatic hydroxyl groups is 1. The first-order valence-corrected chi connectivity index (χ1v) is 6.63. The summed E-state index contributed by atoms with van der Waals surface area (Å²) in [5.74, 6) is 0.922. The maximum atomic E-state index is 12.1. The van der Waals surface area contributed by atoms with Crippen molar-refractivity contribution in [3.8, 4) is 5.75 Å². The van der Waals surface area contributed by atoms with Crippen LogP contribution in [-0.2, 0) is 11.2 Å². The quantitative estimate of drug-likeness (QED) is 0.901. The van der Waals surface area contributed by atoms with Gasteiger partial charge in [0.1, 0.15) is 5.75 Å². The third-order valence-corrected chi connectivity index (χ3v) is 3.71. The topological polar surface area (TPSA) is 49.8 Å². The highest BCUT2D eigenvalue weighted by Crippen LogP contribution is 2.22. The van der Waals surface area contributed by atoms with Gasteiger partial charge in [-0.3, -0.25) is 4.79 Å². The predicted molar refractivity (Wildman–Crippen MR) is 73.1 cm³/mol. The fourth-order valence-corrected chi connectivity index (χ4v) is 2.27. The van der Waals surface area contributed by atoms with Gasteiger partial charge in [-0.1, -0.05) is 12.1 Å². The first kappa shape index (κ1) is 13.9. The largest absolute Gasteiger partial charge is 0.497 e. The van der Waals surface area contributed by atoms with E-state index in [-0.39, 0.29) is 5.91 Å². The van der Waals surface area contributed by atoms with Gasteiger partial charge in [0.05, 0.1) is 19.1 Å². The van der Waals surface area contributed by atoms with Crippen LogP contribution in [0.25, 0.3) is 0 Å². The Hall–Kier alpha value is -1.55. The molecule has 2 rings (SSSR count). The third-order valence-electron chi connectivity index (χ3n) is 3.71. The number of carbonyl (C=O) groups is 1. The Morgan fingerprint density at radius 3 is 2.42 bits per heavy atom. The van der Waals surface area contributed by atoms with Crippen LogP contribution in [-0.4, -0.2) is 41.7 Å². The summed E-state index contributed by atoms with van der Waals surface area (Å²) < 4.78 is 5.09. The molecular weight excluding hydrogens is 242 g/mol. The van der Waals surface area contributed by atoms with Crippen LogP contribution in [0, 0.1) is 0 Å². The second-order valence-electron chi connectivity index (χ2n) is 5.40. The van der Waals surface area contributed by atoms with Crippen molar-refractivity contribution in [2.45, 2.75) is 31.8 Å². The second-order valence-corrected chi connectivity index (χ2v) is 5.40. The first-order chi connectivity index (χ1) is 9.00. The van der Waals surface area contributed by atoms with Crippen LogP contribution >= 0.6 is 0 Å². The van der Waals surface area contributed by atoms with Gasteiger partial charge in [0.15, 0.2) is 0 Å². The molecule has 0 saturated carbocycles. The SMILES string of the molecule is COc1ccc(CC(=O)N2CCC(C)(O)CC2)cc1. The van der Waals surface area contributed by atoms with Crippen molar-refractivity contribution in [3.05, 3.63) is 29.8 Å². The highest BCUT2D eigenvalue weighted by atomic mass is 16.5. The van der Waals surface area contributed by atoms with Gasteiger partial charge in [0.2, 0.25) is 5.91 Å². The van der Waals surface area contributed by atoms with E-state index in [2.05, 4.69) is 0 Å². The molecule has 19 heavy (non-hydrogen) atoms. The normalized spacial score (nSPS) is 18.2. The second kappa shape index (κ2) is 5.61. The van der Waals surface area contributed by atoms with Crippen LogP contribution in [0.4, 0.5) is 0 Å². The average molecular weight is 263 g/mol. The number of hydrogen-bond donors (Lipinski definition) is 1. The minimum Gasteiger partial charge on any atom is -0.497 e. The maximum Gasteiger partial charge on any atom is 0.226 e. The standard InChI is InChI=1S/C15H21NO3/c1-15(18)7-9-16(10-8-15)14(17)11-12-3-5-13(19-2)6-4-12/h3-6,18H,7-11H2,1-2H3. The number of piperidine rings is 1. The highest BCUT2D eigenvalue weighted by molar-refractivity contribution is 5.78. The highest BCUT2D eigenvalue weighted by Gasteiger charge is 2.29. The lowest BCUT2D eigenvalue weighted by Crippen LogP contribution is -2.45. The molecule has 1 amide bonds. The molecule has 0 unspecified atom stereocenters. The number of amides is 1. The number of rotatable bonds is 3. The van der Waals surface area contributed by atoms with Crippen molar-refractivity contribution in [2.75, 3.05) is 20.2 Å². The summed E-state index contributed by atoms with van der Waals surface area (Å²) in [6, 6.07) is 7.56. The number of hydrogen-bond acceptors (Lipinski definition) is 3. The van der Waals surface area contributed by atoms with Gasteiger partial charge >= 0.3 is 0 Å². The van der Waals surface area contributed by atoms with E-state index in [0.717, 1.165) is 11.3 Å². The third kappa shape index (κ3) is 3.70. The van der Waals surface area contributed by atoms with E-state index in [1.54, 1.807) is 7.11 Å². The summed E-state index contributed by atoms with van der Waals surface area (Å²) in [6.07, 6.45) is 1.72. The van der Waals surface area contributed by atoms with Crippen molar-refractivity contribution < 1.29 is 14.6 Å². The van der Waals surface area contributed by atoms with Crippen molar-refractivity contribution >= 4 is 5.91 Å². The number of methoxy groups -OCH3 is 1. The molecule has 0 radical (unpaired) electrons. The van der Waals surface area contributed by atoms with Gasteiger partial charge in [-0.2, -0.15) is 0 Å². The molecule has 1 aromatic carbocycles. The molecule has 1 N–H and O–H groups in total. The number of benzene rings is 1. The number of carbonyl (C=O) groups excluding carboxylic acids is 1. The van der Waals surface area contributed by atoms with Crippen LogP contribution in [0.2, 0.25) is 0 Å². The van der Waals surface area contributed by atoms with Gasteiger partial charge in [0.25, 0.3) is 0 Å². The van der Waals surface area contributed by atoms with Crippen LogP contribution in [0.3, 0.4) is 0 Å². The molecule has 0 spiro atoms. The molecule has 1 aromatic rings. The molecule has 0 atom stereocenters. The summed E-state index contributed by atoms with van der Waals surface area (Å²) >= 11 is 0. The molecule has 1 heterocycles. The summed E-state index contributed by atoms with van der Waals surface area (Å²) in [5, 5.41) is 9.87. The molecule has 1 fully saturated rings. The van der Waals surface area contributed by atoms with Crippen molar-refractivity contribution in [3.63, 3.8) is 0 Å². The van der Waals surface area contributed by atoms with E-state index in [0.29, 0.717) is 32.4 Å². The monoisotopic (exact) mass is 263 g/mol. The predicted octanol–water partition coefficient (Wildman–Crippen LogP) is 1.61. The summed E-state index contributed by atoms with van der Waals surface area (Å²) in [4.78, 5) is 14.0. The van der Waals surface area contributed by atoms with E-state index in [4.69, 9.17) is 4.74 Å². The fourth-order valence-electron chi connectivity index (χ4n) is 2.27. The van der Waals surface area contributed by atoms with E-state index in [9.17, 15) is 9.90 Å². The smallest absolute Gasteiger partial charge is 0.226 e. The van der Waals surface area contributed by atoms with Gasteiger partial charge in [-0.25, -0.2) is 0 Å².